The Hall–Kier alpha value is -7.27. The number of aliphatic carboxylic acids is 3. The maximum atomic E-state index is 13.6. The van der Waals surface area contributed by atoms with Gasteiger partial charge in [0.05, 0.1) is 37.9 Å². The molecule has 0 bridgehead atoms. The van der Waals surface area contributed by atoms with Crippen LogP contribution in [-0.4, -0.2) is 151 Å². The zero-order valence-corrected chi connectivity index (χ0v) is 38.4. The van der Waals surface area contributed by atoms with Crippen molar-refractivity contribution >= 4 is 97.8 Å². The number of nitrogen functional groups attached to an aromatic ring is 1. The quantitative estimate of drug-likeness (QED) is 0.0147. The summed E-state index contributed by atoms with van der Waals surface area (Å²) in [5, 5.41) is 43.7. The van der Waals surface area contributed by atoms with Crippen molar-refractivity contribution in [3.8, 4) is 0 Å². The van der Waals surface area contributed by atoms with Crippen LogP contribution in [0.15, 0.2) is 40.2 Å². The third-order valence-electron chi connectivity index (χ3n) is 9.21. The van der Waals surface area contributed by atoms with E-state index in [1.807, 2.05) is 0 Å². The van der Waals surface area contributed by atoms with E-state index in [0.29, 0.717) is 23.7 Å². The minimum absolute atomic E-state index is 0.0212. The number of fused-ring (bicyclic) bond motifs is 1. The number of aromatic nitrogens is 4. The molecule has 5 atom stereocenters. The second kappa shape index (κ2) is 28.0. The number of H-pyrrole nitrogens is 1. The summed E-state index contributed by atoms with van der Waals surface area (Å²) in [7, 11) is 3.88. The second-order valence-corrected chi connectivity index (χ2v) is 17.3. The topological polar surface area (TPSA) is 441 Å². The zero-order valence-electron chi connectivity index (χ0n) is 36.8. The summed E-state index contributed by atoms with van der Waals surface area (Å²) >= 11 is 0. The number of carbonyl (C=O) groups excluding carboxylic acids is 5. The van der Waals surface area contributed by atoms with Crippen LogP contribution >= 0.6 is 21.6 Å². The number of benzene rings is 1. The van der Waals surface area contributed by atoms with Gasteiger partial charge in [-0.25, -0.2) is 14.8 Å². The smallest absolute Gasteiger partial charge is 0.327 e. The molecule has 0 aliphatic carbocycles. The Kier molecular flexibility index (Phi) is 22.7. The SMILES string of the molecule is COCCSSC[C@H](NC(=O)[C@H](CC(=O)O)NC(=O)[C@H](CCCN=C(N)N)NC(=O)[C@H](CC(=O)O)NC(=O)CC[C@@H](C)NC(=O)c1ccc(NCc2cnc3nc(N)[nH]c(=O)c3n2)cc1)C(=O)O. The van der Waals surface area contributed by atoms with Crippen molar-refractivity contribution in [1.82, 2.24) is 46.5 Å². The number of nitrogens with one attached hydrogen (secondary N) is 7. The number of hydrogen-bond donors (Lipinski definition) is 13. The molecule has 0 saturated heterocycles. The molecule has 0 radical (unpaired) electrons. The Morgan fingerprint density at radius 2 is 1.44 bits per heavy atom. The maximum Gasteiger partial charge on any atom is 0.327 e. The molecule has 1 aromatic carbocycles. The number of carboxylic acid groups (broad SMARTS) is 3. The van der Waals surface area contributed by atoms with Crippen LogP contribution in [0.2, 0.25) is 0 Å². The Morgan fingerprint density at radius 1 is 0.824 bits per heavy atom. The molecule has 370 valence electrons. The molecule has 27 nitrogen and oxygen atoms in total. The van der Waals surface area contributed by atoms with Gasteiger partial charge >= 0.3 is 17.9 Å². The first-order chi connectivity index (χ1) is 32.3. The standard InChI is InChI=1S/C39H54N14O13S2/c1-19(46-32(59)20-6-8-21(9-7-20)44-16-22-17-45-31-30(47-22)36(63)53-39(42)52-31)5-10-27(54)48-24(14-28(55)56)34(61)49-23(4-3-11-43-38(40)41)33(60)50-25(15-29(57)58)35(62)51-26(37(64)65)18-68-67-13-12-66-2/h6-9,17,19,23-26,44H,3-5,10-16,18H2,1-2H3,(H,46,59)(H,48,54)(H,49,61)(H,50,60)(H,51,62)(H,55,56)(H,57,58)(H,64,65)(H4,40,41,43)(H3,42,45,52,53,63)/t19-,23+,24+,25+,26+/m1/s1. The van der Waals surface area contributed by atoms with Crippen molar-refractivity contribution in [2.45, 2.75) is 82.2 Å². The van der Waals surface area contributed by atoms with E-state index in [-0.39, 0.29) is 73.2 Å². The van der Waals surface area contributed by atoms with E-state index in [2.05, 4.69) is 56.8 Å². The molecule has 2 aromatic heterocycles. The van der Waals surface area contributed by atoms with Crippen LogP contribution in [0.4, 0.5) is 11.6 Å². The number of anilines is 2. The number of methoxy groups -OCH3 is 1. The van der Waals surface area contributed by atoms with Gasteiger partial charge in [0, 0.05) is 48.9 Å². The van der Waals surface area contributed by atoms with Gasteiger partial charge in [-0.3, -0.25) is 48.3 Å². The molecular weight excluding hydrogens is 937 g/mol. The van der Waals surface area contributed by atoms with E-state index in [9.17, 15) is 58.5 Å². The summed E-state index contributed by atoms with van der Waals surface area (Å²) in [5.74, 6) is -9.07. The van der Waals surface area contributed by atoms with Gasteiger partial charge < -0.3 is 69.2 Å². The molecular formula is C39H54N14O13S2. The first kappa shape index (κ1) is 55.1. The highest BCUT2D eigenvalue weighted by molar-refractivity contribution is 8.76. The lowest BCUT2D eigenvalue weighted by Crippen LogP contribution is -2.58. The Morgan fingerprint density at radius 3 is 2.06 bits per heavy atom. The molecule has 16 N–H and O–H groups in total. The van der Waals surface area contributed by atoms with Crippen LogP contribution in [0.25, 0.3) is 11.2 Å². The Balaban J connectivity index is 1.61. The lowest BCUT2D eigenvalue weighted by atomic mass is 10.1. The number of carbonyl (C=O) groups is 8. The highest BCUT2D eigenvalue weighted by atomic mass is 33.1. The fraction of sp³-hybridized carbons (Fsp3) is 0.462. The highest BCUT2D eigenvalue weighted by Gasteiger charge is 2.33. The van der Waals surface area contributed by atoms with Gasteiger partial charge in [0.25, 0.3) is 11.5 Å². The van der Waals surface area contributed by atoms with E-state index in [4.69, 9.17) is 21.9 Å². The summed E-state index contributed by atoms with van der Waals surface area (Å²) < 4.78 is 4.93. The molecule has 29 heteroatoms. The number of rotatable bonds is 30. The predicted molar refractivity (Wildman–Crippen MR) is 249 cm³/mol. The van der Waals surface area contributed by atoms with Crippen molar-refractivity contribution in [2.75, 3.05) is 42.8 Å². The summed E-state index contributed by atoms with van der Waals surface area (Å²) in [4.78, 5) is 132. The predicted octanol–water partition coefficient (Wildman–Crippen LogP) is -2.14. The van der Waals surface area contributed by atoms with E-state index in [0.717, 1.165) is 10.8 Å². The molecule has 0 aliphatic rings. The maximum absolute atomic E-state index is 13.6. The summed E-state index contributed by atoms with van der Waals surface area (Å²) in [6.07, 6.45) is -0.906. The Labute approximate surface area is 395 Å². The van der Waals surface area contributed by atoms with Crippen LogP contribution in [0.5, 0.6) is 0 Å². The molecule has 0 saturated carbocycles. The lowest BCUT2D eigenvalue weighted by Gasteiger charge is -2.25. The first-order valence-corrected chi connectivity index (χ1v) is 23.1. The van der Waals surface area contributed by atoms with Gasteiger partial charge in [0.15, 0.2) is 17.1 Å². The van der Waals surface area contributed by atoms with Crippen molar-refractivity contribution in [1.29, 1.82) is 0 Å². The Bertz CT molecular complexity index is 2350. The molecule has 3 aromatic rings. The van der Waals surface area contributed by atoms with Crippen molar-refractivity contribution in [3.05, 3.63) is 52.1 Å². The zero-order chi connectivity index (χ0) is 50.3. The van der Waals surface area contributed by atoms with E-state index >= 15 is 0 Å². The van der Waals surface area contributed by atoms with Crippen LogP contribution in [0, 0.1) is 0 Å². The first-order valence-electron chi connectivity index (χ1n) is 20.6. The van der Waals surface area contributed by atoms with Crippen molar-refractivity contribution in [2.24, 2.45) is 16.5 Å². The van der Waals surface area contributed by atoms with Gasteiger partial charge in [0.1, 0.15) is 24.2 Å². The number of carboxylic acids is 3. The number of aromatic amines is 1. The van der Waals surface area contributed by atoms with E-state index < -0.39 is 96.1 Å². The molecule has 2 heterocycles. The molecule has 0 unspecified atom stereocenters. The minimum atomic E-state index is -1.82. The second-order valence-electron chi connectivity index (χ2n) is 14.7. The van der Waals surface area contributed by atoms with Crippen molar-refractivity contribution < 1.29 is 58.4 Å². The highest BCUT2D eigenvalue weighted by Crippen LogP contribution is 2.22. The number of hydrogen-bond acceptors (Lipinski definition) is 18. The summed E-state index contributed by atoms with van der Waals surface area (Å²) in [6.45, 7) is 2.15. The summed E-state index contributed by atoms with van der Waals surface area (Å²) in [6, 6.07) is -0.819. The molecule has 0 aliphatic heterocycles. The lowest BCUT2D eigenvalue weighted by molar-refractivity contribution is -0.143. The largest absolute Gasteiger partial charge is 0.481 e. The molecule has 3 rings (SSSR count). The molecule has 0 spiro atoms. The normalized spacial score (nSPS) is 13.1. The van der Waals surface area contributed by atoms with E-state index in [1.165, 1.54) is 24.1 Å². The number of nitrogens with zero attached hydrogens (tertiary/aromatic N) is 4. The van der Waals surface area contributed by atoms with Gasteiger partial charge in [-0.05, 0) is 50.5 Å². The summed E-state index contributed by atoms with van der Waals surface area (Å²) in [5.41, 5.74) is 17.2. The van der Waals surface area contributed by atoms with E-state index in [1.54, 1.807) is 31.2 Å². The van der Waals surface area contributed by atoms with Gasteiger partial charge in [-0.1, -0.05) is 21.6 Å². The minimum Gasteiger partial charge on any atom is -0.481 e. The number of guanidine groups is 1. The van der Waals surface area contributed by atoms with Gasteiger partial charge in [0.2, 0.25) is 29.6 Å². The van der Waals surface area contributed by atoms with Crippen LogP contribution in [-0.2, 0) is 44.8 Å². The number of nitrogens with two attached hydrogens (primary N) is 3. The molecule has 0 fully saturated rings. The third-order valence-corrected chi connectivity index (χ3v) is 11.6. The van der Waals surface area contributed by atoms with Crippen LogP contribution in [0.1, 0.15) is 61.5 Å². The van der Waals surface area contributed by atoms with Crippen LogP contribution in [0.3, 0.4) is 0 Å². The monoisotopic (exact) mass is 990 g/mol. The number of ether oxygens (including phenoxy) is 1. The van der Waals surface area contributed by atoms with Gasteiger partial charge in [-0.2, -0.15) is 4.98 Å². The van der Waals surface area contributed by atoms with Gasteiger partial charge in [-0.15, -0.1) is 0 Å². The average Bonchev–Trinajstić information content (AvgIpc) is 3.27. The van der Waals surface area contributed by atoms with Crippen molar-refractivity contribution in [3.63, 3.8) is 0 Å². The average molecular weight is 991 g/mol. The fourth-order valence-corrected chi connectivity index (χ4v) is 7.87. The third kappa shape index (κ3) is 19.7. The molecule has 68 heavy (non-hydrogen) atoms. The molecule has 5 amide bonds. The number of aliphatic imine (C=N–C) groups is 1. The fourth-order valence-electron chi connectivity index (χ4n) is 5.81. The van der Waals surface area contributed by atoms with Crippen LogP contribution < -0.4 is 54.7 Å². The number of amides is 5.